The fraction of sp³-hybridized carbons (Fsp3) is 0.158. The maximum atomic E-state index is 4.48. The molecule has 3 heterocycles. The van der Waals surface area contributed by atoms with Crippen LogP contribution in [0, 0.1) is 6.07 Å². The fourth-order valence-electron chi connectivity index (χ4n) is 2.19. The van der Waals surface area contributed by atoms with Crippen LogP contribution in [0.1, 0.15) is 25.5 Å². The Morgan fingerprint density at radius 2 is 1.96 bits per heavy atom. The molecule has 0 aliphatic rings. The normalized spacial score (nSPS) is 10.2. The molecule has 1 aromatic carbocycles. The van der Waals surface area contributed by atoms with Crippen LogP contribution < -0.4 is 0 Å². The van der Waals surface area contributed by atoms with Crippen molar-refractivity contribution in [3.8, 4) is 0 Å². The van der Waals surface area contributed by atoms with Gasteiger partial charge in [0.25, 0.3) is 0 Å². The minimum absolute atomic E-state index is 0. The summed E-state index contributed by atoms with van der Waals surface area (Å²) in [6, 6.07) is 18.8. The first-order chi connectivity index (χ1) is 10.7. The van der Waals surface area contributed by atoms with Gasteiger partial charge in [0.2, 0.25) is 0 Å². The van der Waals surface area contributed by atoms with Crippen molar-refractivity contribution in [1.29, 1.82) is 0 Å². The molecule has 0 saturated heterocycles. The molecule has 4 heteroatoms. The van der Waals surface area contributed by atoms with Crippen LogP contribution in [0.3, 0.4) is 0 Å². The molecule has 0 fully saturated rings. The van der Waals surface area contributed by atoms with E-state index in [9.17, 15) is 0 Å². The first-order valence-electron chi connectivity index (χ1n) is 7.38. The Hall–Kier alpha value is -1.58. The first kappa shape index (κ1) is 17.8. The fourth-order valence-corrected chi connectivity index (χ4v) is 2.19. The van der Waals surface area contributed by atoms with Gasteiger partial charge in [-0.3, -0.25) is 0 Å². The summed E-state index contributed by atoms with van der Waals surface area (Å²) in [5.74, 6) is 0.505. The van der Waals surface area contributed by atoms with Gasteiger partial charge in [-0.1, -0.05) is 26.0 Å². The second-order valence-electron chi connectivity index (χ2n) is 5.41. The van der Waals surface area contributed by atoms with E-state index in [0.29, 0.717) is 5.92 Å². The maximum absolute atomic E-state index is 4.48. The van der Waals surface area contributed by atoms with Crippen molar-refractivity contribution >= 4 is 16.6 Å². The zero-order valence-corrected chi connectivity index (χ0v) is 16.2. The van der Waals surface area contributed by atoms with E-state index >= 15 is 0 Å². The van der Waals surface area contributed by atoms with E-state index in [-0.39, 0.29) is 32.7 Å². The number of fused-ring (bicyclic) bond motifs is 2. The average Bonchev–Trinajstić information content (AvgIpc) is 3.00. The van der Waals surface area contributed by atoms with Gasteiger partial charge in [0, 0.05) is 51.3 Å². The van der Waals surface area contributed by atoms with Gasteiger partial charge in [0.05, 0.1) is 5.69 Å². The standard InChI is InChI=1S/C10H12N2.C9H6N.Y/c1-8(2)9-7-12-6-4-3-5-10(12)11-9;1-2-6-9-8(4-1)5-3-7-10-9;/h3-8H,1-2H3;1,3-7H;/q;-1;. The molecule has 23 heavy (non-hydrogen) atoms. The summed E-state index contributed by atoms with van der Waals surface area (Å²) in [7, 11) is 0. The van der Waals surface area contributed by atoms with Crippen molar-refractivity contribution in [2.75, 3.05) is 0 Å². The number of imidazole rings is 1. The molecular weight excluding hydrogens is 359 g/mol. The van der Waals surface area contributed by atoms with Crippen molar-refractivity contribution < 1.29 is 32.7 Å². The number of pyridine rings is 2. The van der Waals surface area contributed by atoms with E-state index in [2.05, 4.69) is 40.5 Å². The van der Waals surface area contributed by atoms with Gasteiger partial charge in [-0.25, -0.2) is 4.98 Å². The Kier molecular flexibility index (Phi) is 6.43. The summed E-state index contributed by atoms with van der Waals surface area (Å²) in [6.45, 7) is 4.31. The molecule has 113 valence electrons. The molecule has 0 bridgehead atoms. The predicted molar refractivity (Wildman–Crippen MR) is 89.9 cm³/mol. The minimum Gasteiger partial charge on any atom is -0.321 e. The molecule has 3 aromatic heterocycles. The van der Waals surface area contributed by atoms with E-state index in [0.717, 1.165) is 16.9 Å². The average molecular weight is 377 g/mol. The van der Waals surface area contributed by atoms with Gasteiger partial charge in [0.15, 0.2) is 0 Å². The molecule has 0 aliphatic heterocycles. The van der Waals surface area contributed by atoms with Crippen LogP contribution >= 0.6 is 0 Å². The summed E-state index contributed by atoms with van der Waals surface area (Å²) < 4.78 is 2.05. The Bertz CT molecular complexity index is 785. The van der Waals surface area contributed by atoms with Crippen molar-refractivity contribution in [1.82, 2.24) is 14.4 Å². The molecule has 0 aliphatic carbocycles. The van der Waals surface area contributed by atoms with Crippen molar-refractivity contribution in [3.05, 3.63) is 78.9 Å². The number of aromatic nitrogens is 3. The molecule has 4 rings (SSSR count). The molecule has 0 amide bonds. The largest absolute Gasteiger partial charge is 0.321 e. The van der Waals surface area contributed by atoms with Crippen LogP contribution in [0.15, 0.2) is 67.1 Å². The molecule has 0 atom stereocenters. The van der Waals surface area contributed by atoms with Gasteiger partial charge in [-0.05, 0) is 29.6 Å². The van der Waals surface area contributed by atoms with Crippen LogP contribution in [0.4, 0.5) is 0 Å². The van der Waals surface area contributed by atoms with Gasteiger partial charge >= 0.3 is 0 Å². The minimum atomic E-state index is 0. The summed E-state index contributed by atoms with van der Waals surface area (Å²) in [5.41, 5.74) is 3.19. The third-order valence-electron chi connectivity index (χ3n) is 3.42. The van der Waals surface area contributed by atoms with Gasteiger partial charge in [-0.2, -0.15) is 24.3 Å². The van der Waals surface area contributed by atoms with E-state index in [4.69, 9.17) is 0 Å². The van der Waals surface area contributed by atoms with Crippen LogP contribution in [0.25, 0.3) is 16.6 Å². The predicted octanol–water partition coefficient (Wildman–Crippen LogP) is 4.49. The van der Waals surface area contributed by atoms with Crippen LogP contribution in [0.2, 0.25) is 0 Å². The van der Waals surface area contributed by atoms with E-state index in [1.54, 1.807) is 6.20 Å². The molecule has 0 N–H and O–H groups in total. The van der Waals surface area contributed by atoms with Crippen molar-refractivity contribution in [2.45, 2.75) is 19.8 Å². The Morgan fingerprint density at radius 3 is 2.70 bits per heavy atom. The quantitative estimate of drug-likeness (QED) is 0.458. The summed E-state index contributed by atoms with van der Waals surface area (Å²) in [5, 5.41) is 1.17. The Labute approximate surface area is 161 Å². The van der Waals surface area contributed by atoms with Gasteiger partial charge in [0.1, 0.15) is 5.65 Å². The van der Waals surface area contributed by atoms with E-state index < -0.39 is 0 Å². The van der Waals surface area contributed by atoms with Gasteiger partial charge in [-0.15, -0.1) is 5.39 Å². The first-order valence-corrected chi connectivity index (χ1v) is 7.38. The third kappa shape index (κ3) is 4.46. The molecule has 0 unspecified atom stereocenters. The zero-order valence-electron chi connectivity index (χ0n) is 13.3. The molecular formula is C19H18N3Y-. The van der Waals surface area contributed by atoms with Crippen LogP contribution in [0.5, 0.6) is 0 Å². The number of rotatable bonds is 1. The molecule has 3 nitrogen and oxygen atoms in total. The van der Waals surface area contributed by atoms with Crippen molar-refractivity contribution in [2.24, 2.45) is 0 Å². The zero-order chi connectivity index (χ0) is 15.4. The van der Waals surface area contributed by atoms with E-state index in [1.165, 1.54) is 5.39 Å². The second-order valence-corrected chi connectivity index (χ2v) is 5.41. The van der Waals surface area contributed by atoms with E-state index in [1.807, 2.05) is 54.7 Å². The summed E-state index contributed by atoms with van der Waals surface area (Å²) in [4.78, 5) is 8.63. The van der Waals surface area contributed by atoms with Crippen LogP contribution in [-0.4, -0.2) is 14.4 Å². The number of benzene rings is 1. The number of hydrogen-bond acceptors (Lipinski definition) is 2. The smallest absolute Gasteiger partial charge is 0.136 e. The SMILES string of the molecule is CC(C)c1cn2ccccc2n1.[Y].[c-]1ccc2cccnc2c1. The van der Waals surface area contributed by atoms with Crippen LogP contribution in [-0.2, 0) is 32.7 Å². The number of hydrogen-bond donors (Lipinski definition) is 0. The Morgan fingerprint density at radius 1 is 1.09 bits per heavy atom. The number of nitrogens with zero attached hydrogens (tertiary/aromatic N) is 3. The maximum Gasteiger partial charge on any atom is 0.136 e. The topological polar surface area (TPSA) is 30.2 Å². The molecule has 1 radical (unpaired) electrons. The summed E-state index contributed by atoms with van der Waals surface area (Å²) in [6.07, 6.45) is 5.89. The third-order valence-corrected chi connectivity index (χ3v) is 3.42. The Balaban J connectivity index is 0.000000162. The van der Waals surface area contributed by atoms with Gasteiger partial charge < -0.3 is 9.38 Å². The summed E-state index contributed by atoms with van der Waals surface area (Å²) >= 11 is 0. The second kappa shape index (κ2) is 8.32. The van der Waals surface area contributed by atoms with Crippen molar-refractivity contribution in [3.63, 3.8) is 0 Å². The monoisotopic (exact) mass is 377 g/mol. The molecule has 4 aromatic rings. The molecule has 0 saturated carbocycles. The molecule has 0 spiro atoms.